The highest BCUT2D eigenvalue weighted by Gasteiger charge is 2.29. The lowest BCUT2D eigenvalue weighted by atomic mass is 10.1. The molecule has 0 aliphatic carbocycles. The second-order valence-corrected chi connectivity index (χ2v) is 5.66. The van der Waals surface area contributed by atoms with Crippen LogP contribution in [0.25, 0.3) is 0 Å². The number of nitrogens with one attached hydrogen (secondary N) is 1. The maximum Gasteiger partial charge on any atom is 0.221 e. The Morgan fingerprint density at radius 3 is 2.27 bits per heavy atom. The predicted octanol–water partition coefficient (Wildman–Crippen LogP) is 1.46. The first-order valence-electron chi connectivity index (χ1n) is 5.44. The standard InChI is InChI=1S/C10H21NO3S/c1-4-6-8-9(12)10(7-5-2)15(13,14)11-3/h10-11H,4-8H2,1-3H3. The Labute approximate surface area is 92.5 Å². The van der Waals surface area contributed by atoms with Crippen molar-refractivity contribution in [1.82, 2.24) is 4.72 Å². The number of Topliss-reactive ketones (excluding diaryl/α,β-unsaturated/α-hetero) is 1. The highest BCUT2D eigenvalue weighted by atomic mass is 32.2. The van der Waals surface area contributed by atoms with Crippen LogP contribution < -0.4 is 4.72 Å². The van der Waals surface area contributed by atoms with E-state index in [1.54, 1.807) is 0 Å². The maximum absolute atomic E-state index is 11.7. The molecule has 15 heavy (non-hydrogen) atoms. The number of hydrogen-bond acceptors (Lipinski definition) is 3. The predicted molar refractivity (Wildman–Crippen MR) is 61.2 cm³/mol. The Kier molecular flexibility index (Phi) is 6.76. The molecule has 4 nitrogen and oxygen atoms in total. The zero-order valence-corrected chi connectivity index (χ0v) is 10.6. The lowest BCUT2D eigenvalue weighted by Crippen LogP contribution is -2.37. The Hall–Kier alpha value is -0.420. The van der Waals surface area contributed by atoms with Crippen molar-refractivity contribution in [3.63, 3.8) is 0 Å². The summed E-state index contributed by atoms with van der Waals surface area (Å²) in [6.45, 7) is 3.86. The molecule has 0 heterocycles. The minimum Gasteiger partial charge on any atom is -0.298 e. The molecule has 0 rings (SSSR count). The van der Waals surface area contributed by atoms with Gasteiger partial charge in [0.1, 0.15) is 5.25 Å². The van der Waals surface area contributed by atoms with Gasteiger partial charge in [-0.05, 0) is 19.9 Å². The molecule has 0 saturated carbocycles. The minimum absolute atomic E-state index is 0.159. The first kappa shape index (κ1) is 14.6. The summed E-state index contributed by atoms with van der Waals surface area (Å²) in [5.41, 5.74) is 0. The van der Waals surface area contributed by atoms with E-state index in [1.165, 1.54) is 7.05 Å². The Bertz CT molecular complexity index is 285. The first-order chi connectivity index (χ1) is 6.99. The Balaban J connectivity index is 4.59. The van der Waals surface area contributed by atoms with Crippen LogP contribution in [0.2, 0.25) is 0 Å². The molecule has 0 aliphatic heterocycles. The maximum atomic E-state index is 11.7. The molecule has 0 amide bonds. The van der Waals surface area contributed by atoms with Gasteiger partial charge in [0.2, 0.25) is 10.0 Å². The van der Waals surface area contributed by atoms with E-state index in [0.29, 0.717) is 19.3 Å². The summed E-state index contributed by atoms with van der Waals surface area (Å²) in [4.78, 5) is 11.7. The molecule has 0 fully saturated rings. The van der Waals surface area contributed by atoms with Crippen LogP contribution in [0.15, 0.2) is 0 Å². The van der Waals surface area contributed by atoms with Gasteiger partial charge >= 0.3 is 0 Å². The third-order valence-electron chi connectivity index (χ3n) is 2.35. The summed E-state index contributed by atoms with van der Waals surface area (Å²) in [7, 11) is -2.10. The van der Waals surface area contributed by atoms with Crippen LogP contribution in [-0.2, 0) is 14.8 Å². The summed E-state index contributed by atoms with van der Waals surface area (Å²) < 4.78 is 25.4. The summed E-state index contributed by atoms with van der Waals surface area (Å²) in [5, 5.41) is -0.862. The molecular formula is C10H21NO3S. The minimum atomic E-state index is -3.45. The SMILES string of the molecule is CCCCC(=O)C(CCC)S(=O)(=O)NC. The molecule has 0 bridgehead atoms. The van der Waals surface area contributed by atoms with Crippen LogP contribution in [0.4, 0.5) is 0 Å². The van der Waals surface area contributed by atoms with Gasteiger partial charge in [0.05, 0.1) is 0 Å². The van der Waals surface area contributed by atoms with Gasteiger partial charge in [-0.15, -0.1) is 0 Å². The molecule has 0 aromatic carbocycles. The number of carbonyl (C=O) groups is 1. The van der Waals surface area contributed by atoms with Crippen molar-refractivity contribution in [2.24, 2.45) is 0 Å². The van der Waals surface area contributed by atoms with E-state index < -0.39 is 15.3 Å². The van der Waals surface area contributed by atoms with Gasteiger partial charge in [0.25, 0.3) is 0 Å². The average Bonchev–Trinajstić information content (AvgIpc) is 2.22. The van der Waals surface area contributed by atoms with Gasteiger partial charge < -0.3 is 0 Å². The zero-order valence-electron chi connectivity index (χ0n) is 9.75. The molecule has 1 N–H and O–H groups in total. The molecule has 5 heteroatoms. The smallest absolute Gasteiger partial charge is 0.221 e. The number of hydrogen-bond donors (Lipinski definition) is 1. The van der Waals surface area contributed by atoms with Crippen LogP contribution in [0.3, 0.4) is 0 Å². The van der Waals surface area contributed by atoms with Crippen molar-refractivity contribution in [3.05, 3.63) is 0 Å². The van der Waals surface area contributed by atoms with Crippen LogP contribution in [0.1, 0.15) is 46.0 Å². The van der Waals surface area contributed by atoms with Crippen molar-refractivity contribution >= 4 is 15.8 Å². The van der Waals surface area contributed by atoms with Crippen LogP contribution in [0.5, 0.6) is 0 Å². The van der Waals surface area contributed by atoms with Crippen molar-refractivity contribution in [1.29, 1.82) is 0 Å². The molecule has 1 atom stereocenters. The van der Waals surface area contributed by atoms with Gasteiger partial charge in [-0.3, -0.25) is 4.79 Å². The lowest BCUT2D eigenvalue weighted by Gasteiger charge is -2.14. The average molecular weight is 235 g/mol. The fraction of sp³-hybridized carbons (Fsp3) is 0.900. The quantitative estimate of drug-likeness (QED) is 0.693. The summed E-state index contributed by atoms with van der Waals surface area (Å²) >= 11 is 0. The molecule has 0 radical (unpaired) electrons. The molecule has 0 aliphatic rings. The van der Waals surface area contributed by atoms with Crippen molar-refractivity contribution < 1.29 is 13.2 Å². The van der Waals surface area contributed by atoms with Gasteiger partial charge in [-0.25, -0.2) is 13.1 Å². The van der Waals surface area contributed by atoms with Crippen LogP contribution in [0, 0.1) is 0 Å². The first-order valence-corrected chi connectivity index (χ1v) is 6.99. The van der Waals surface area contributed by atoms with E-state index in [0.717, 1.165) is 12.8 Å². The second-order valence-electron chi connectivity index (χ2n) is 3.60. The molecular weight excluding hydrogens is 214 g/mol. The second kappa shape index (κ2) is 6.95. The highest BCUT2D eigenvalue weighted by molar-refractivity contribution is 7.90. The van der Waals surface area contributed by atoms with Gasteiger partial charge in [-0.2, -0.15) is 0 Å². The van der Waals surface area contributed by atoms with Gasteiger partial charge in [0.15, 0.2) is 5.78 Å². The van der Waals surface area contributed by atoms with E-state index in [-0.39, 0.29) is 5.78 Å². The number of rotatable bonds is 8. The molecule has 90 valence electrons. The largest absolute Gasteiger partial charge is 0.298 e. The Morgan fingerprint density at radius 1 is 1.27 bits per heavy atom. The van der Waals surface area contributed by atoms with E-state index in [4.69, 9.17) is 0 Å². The summed E-state index contributed by atoms with van der Waals surface area (Å²) in [6.07, 6.45) is 3.14. The van der Waals surface area contributed by atoms with Gasteiger partial charge in [0, 0.05) is 6.42 Å². The topological polar surface area (TPSA) is 63.2 Å². The number of carbonyl (C=O) groups excluding carboxylic acids is 1. The van der Waals surface area contributed by atoms with Crippen molar-refractivity contribution in [2.75, 3.05) is 7.05 Å². The number of unbranched alkanes of at least 4 members (excludes halogenated alkanes) is 1. The van der Waals surface area contributed by atoms with Crippen LogP contribution >= 0.6 is 0 Å². The van der Waals surface area contributed by atoms with Crippen molar-refractivity contribution in [3.8, 4) is 0 Å². The number of sulfonamides is 1. The molecule has 0 aromatic rings. The van der Waals surface area contributed by atoms with Gasteiger partial charge in [-0.1, -0.05) is 26.7 Å². The third-order valence-corrected chi connectivity index (χ3v) is 4.16. The monoisotopic (exact) mass is 235 g/mol. The molecule has 0 spiro atoms. The zero-order chi connectivity index (χ0) is 11.9. The van der Waals surface area contributed by atoms with E-state index >= 15 is 0 Å². The van der Waals surface area contributed by atoms with Crippen LogP contribution in [-0.4, -0.2) is 26.5 Å². The number of ketones is 1. The molecule has 0 saturated heterocycles. The molecule has 1 unspecified atom stereocenters. The van der Waals surface area contributed by atoms with Crippen molar-refractivity contribution in [2.45, 2.75) is 51.2 Å². The lowest BCUT2D eigenvalue weighted by molar-refractivity contribution is -0.118. The summed E-state index contributed by atoms with van der Waals surface area (Å²) in [5.74, 6) is -0.159. The fourth-order valence-electron chi connectivity index (χ4n) is 1.41. The third kappa shape index (κ3) is 4.75. The van der Waals surface area contributed by atoms with E-state index in [2.05, 4.69) is 4.72 Å². The van der Waals surface area contributed by atoms with E-state index in [1.807, 2.05) is 13.8 Å². The fourth-order valence-corrected chi connectivity index (χ4v) is 2.70. The highest BCUT2D eigenvalue weighted by Crippen LogP contribution is 2.12. The Morgan fingerprint density at radius 2 is 1.87 bits per heavy atom. The normalized spacial score (nSPS) is 13.8. The molecule has 0 aromatic heterocycles. The van der Waals surface area contributed by atoms with E-state index in [9.17, 15) is 13.2 Å². The summed E-state index contributed by atoms with van der Waals surface area (Å²) in [6, 6.07) is 0.